The van der Waals surface area contributed by atoms with Crippen molar-refractivity contribution < 1.29 is 14.3 Å². The van der Waals surface area contributed by atoms with Gasteiger partial charge in [-0.3, -0.25) is 9.59 Å². The van der Waals surface area contributed by atoms with E-state index in [1.54, 1.807) is 13.8 Å². The molecule has 3 nitrogen and oxygen atoms in total. The molecule has 0 aromatic carbocycles. The molecule has 0 aromatic heterocycles. The van der Waals surface area contributed by atoms with E-state index in [2.05, 4.69) is 46.8 Å². The molecule has 1 heterocycles. The van der Waals surface area contributed by atoms with Crippen molar-refractivity contribution in [2.24, 2.45) is 40.4 Å². The number of ketones is 2. The molecule has 3 heteroatoms. The molecule has 0 unspecified atom stereocenters. The zero-order valence-corrected chi connectivity index (χ0v) is 19.2. The molecule has 1 aliphatic heterocycles. The Hall–Kier alpha value is -1.38. The lowest BCUT2D eigenvalue weighted by Gasteiger charge is -2.55. The van der Waals surface area contributed by atoms with E-state index in [0.717, 1.165) is 18.4 Å². The summed E-state index contributed by atoms with van der Waals surface area (Å²) < 4.78 is 6.62. The topological polar surface area (TPSA) is 43.4 Å². The summed E-state index contributed by atoms with van der Waals surface area (Å²) in [5.74, 6) is 2.52. The minimum atomic E-state index is -0.989. The summed E-state index contributed by atoms with van der Waals surface area (Å²) in [5, 5.41) is 0. The van der Waals surface area contributed by atoms with Gasteiger partial charge in [0.05, 0.1) is 10.8 Å². The predicted molar refractivity (Wildman–Crippen MR) is 113 cm³/mol. The first-order chi connectivity index (χ1) is 12.7. The fourth-order valence-electron chi connectivity index (χ4n) is 5.71. The Morgan fingerprint density at radius 1 is 1.04 bits per heavy atom. The number of hydrogen-bond acceptors (Lipinski definition) is 3. The van der Waals surface area contributed by atoms with Crippen LogP contribution in [0.3, 0.4) is 0 Å². The average Bonchev–Trinajstić information content (AvgIpc) is 2.57. The van der Waals surface area contributed by atoms with Crippen LogP contribution in [0.5, 0.6) is 0 Å². The summed E-state index contributed by atoms with van der Waals surface area (Å²) in [5.41, 5.74) is -1.41. The lowest BCUT2D eigenvalue weighted by molar-refractivity contribution is -0.152. The number of hydrogen-bond donors (Lipinski definition) is 0. The molecule has 2 aliphatic carbocycles. The summed E-state index contributed by atoms with van der Waals surface area (Å²) in [6, 6.07) is 0. The second kappa shape index (κ2) is 6.57. The van der Waals surface area contributed by atoms with E-state index in [0.29, 0.717) is 23.5 Å². The number of Topliss-reactive ketones (excluding diaryl/α,β-unsaturated/α-hetero) is 2. The van der Waals surface area contributed by atoms with Gasteiger partial charge in [0, 0.05) is 11.5 Å². The van der Waals surface area contributed by atoms with Gasteiger partial charge in [-0.1, -0.05) is 33.8 Å². The van der Waals surface area contributed by atoms with E-state index in [1.807, 2.05) is 13.8 Å². The summed E-state index contributed by atoms with van der Waals surface area (Å²) in [7, 11) is 0. The number of carbonyl (C=O) groups is 2. The molecule has 0 spiro atoms. The quantitative estimate of drug-likeness (QED) is 0.458. The van der Waals surface area contributed by atoms with Crippen LogP contribution >= 0.6 is 0 Å². The van der Waals surface area contributed by atoms with E-state index < -0.39 is 16.4 Å². The van der Waals surface area contributed by atoms with Crippen LogP contribution in [-0.4, -0.2) is 17.2 Å². The third-order valence-electron chi connectivity index (χ3n) is 7.46. The van der Waals surface area contributed by atoms with Crippen LogP contribution in [0.1, 0.15) is 75.2 Å². The molecule has 0 fully saturated rings. The van der Waals surface area contributed by atoms with Gasteiger partial charge in [-0.2, -0.15) is 0 Å². The lowest BCUT2D eigenvalue weighted by Crippen LogP contribution is -2.58. The predicted octanol–water partition coefficient (Wildman–Crippen LogP) is 5.74. The zero-order valence-electron chi connectivity index (χ0n) is 19.2. The highest BCUT2D eigenvalue weighted by Gasteiger charge is 2.61. The van der Waals surface area contributed by atoms with E-state index in [-0.39, 0.29) is 23.4 Å². The molecule has 0 saturated carbocycles. The highest BCUT2D eigenvalue weighted by Crippen LogP contribution is 2.57. The van der Waals surface area contributed by atoms with Crippen LogP contribution in [0.4, 0.5) is 0 Å². The largest absolute Gasteiger partial charge is 0.486 e. The van der Waals surface area contributed by atoms with Crippen LogP contribution in [0.25, 0.3) is 0 Å². The van der Waals surface area contributed by atoms with Crippen molar-refractivity contribution in [1.82, 2.24) is 0 Å². The number of carbonyl (C=O) groups excluding carboxylic acids is 2. The Morgan fingerprint density at radius 2 is 1.64 bits per heavy atom. The summed E-state index contributed by atoms with van der Waals surface area (Å²) in [6.45, 7) is 18.6. The second-order valence-corrected chi connectivity index (χ2v) is 11.3. The maximum absolute atomic E-state index is 13.6. The molecule has 3 aliphatic rings. The van der Waals surface area contributed by atoms with Crippen molar-refractivity contribution in [3.63, 3.8) is 0 Å². The van der Waals surface area contributed by atoms with Gasteiger partial charge in [0.2, 0.25) is 0 Å². The zero-order chi connectivity index (χ0) is 21.2. The van der Waals surface area contributed by atoms with Gasteiger partial charge in [-0.15, -0.1) is 0 Å². The van der Waals surface area contributed by atoms with E-state index in [4.69, 9.17) is 4.74 Å². The molecule has 0 radical (unpaired) electrons. The van der Waals surface area contributed by atoms with Gasteiger partial charge in [0.1, 0.15) is 11.4 Å². The van der Waals surface area contributed by atoms with E-state index >= 15 is 0 Å². The molecule has 0 amide bonds. The SMILES string of the molecule is CC(C)C[C@H]1C2=C(O[C@]3(C)C=C[C@H](C(C)C)C[C@H]13)C(C)(C)C(=O)C(C)(C)C2=O. The monoisotopic (exact) mass is 386 g/mol. The Balaban J connectivity index is 2.21. The molecule has 156 valence electrons. The number of rotatable bonds is 3. The summed E-state index contributed by atoms with van der Waals surface area (Å²) in [6.07, 6.45) is 6.49. The van der Waals surface area contributed by atoms with Gasteiger partial charge in [0.15, 0.2) is 11.6 Å². The van der Waals surface area contributed by atoms with Gasteiger partial charge in [-0.05, 0) is 77.2 Å². The van der Waals surface area contributed by atoms with Crippen molar-refractivity contribution >= 4 is 11.6 Å². The Morgan fingerprint density at radius 3 is 2.18 bits per heavy atom. The van der Waals surface area contributed by atoms with Crippen LogP contribution in [-0.2, 0) is 14.3 Å². The van der Waals surface area contributed by atoms with Crippen molar-refractivity contribution in [2.45, 2.75) is 80.8 Å². The van der Waals surface area contributed by atoms with Crippen LogP contribution in [0.15, 0.2) is 23.5 Å². The fraction of sp³-hybridized carbons (Fsp3) is 0.760. The number of allylic oxidation sites excluding steroid dienone is 3. The minimum absolute atomic E-state index is 0.0184. The highest BCUT2D eigenvalue weighted by molar-refractivity contribution is 6.19. The lowest BCUT2D eigenvalue weighted by atomic mass is 9.55. The van der Waals surface area contributed by atoms with Crippen molar-refractivity contribution in [3.8, 4) is 0 Å². The number of ether oxygens (including phenoxy) is 1. The normalized spacial score (nSPS) is 36.5. The molecule has 0 aromatic rings. The molecule has 0 saturated heterocycles. The van der Waals surface area contributed by atoms with Gasteiger partial charge in [0.25, 0.3) is 0 Å². The van der Waals surface area contributed by atoms with E-state index in [9.17, 15) is 9.59 Å². The Kier molecular flexibility index (Phi) is 5.00. The van der Waals surface area contributed by atoms with Gasteiger partial charge >= 0.3 is 0 Å². The van der Waals surface area contributed by atoms with Crippen molar-refractivity contribution in [2.75, 3.05) is 0 Å². The van der Waals surface area contributed by atoms with Crippen LogP contribution < -0.4 is 0 Å². The third kappa shape index (κ3) is 3.00. The third-order valence-corrected chi connectivity index (χ3v) is 7.46. The van der Waals surface area contributed by atoms with Gasteiger partial charge < -0.3 is 4.74 Å². The first-order valence-electron chi connectivity index (χ1n) is 11.0. The summed E-state index contributed by atoms with van der Waals surface area (Å²) >= 11 is 0. The maximum Gasteiger partial charge on any atom is 0.175 e. The molecular weight excluding hydrogens is 348 g/mol. The van der Waals surface area contributed by atoms with E-state index in [1.165, 1.54) is 0 Å². The maximum atomic E-state index is 13.6. The second-order valence-electron chi connectivity index (χ2n) is 11.3. The number of fused-ring (bicyclic) bond motifs is 1. The highest BCUT2D eigenvalue weighted by atomic mass is 16.5. The van der Waals surface area contributed by atoms with Crippen molar-refractivity contribution in [1.29, 1.82) is 0 Å². The van der Waals surface area contributed by atoms with Crippen LogP contribution in [0, 0.1) is 40.4 Å². The first kappa shape index (κ1) is 21.3. The first-order valence-corrected chi connectivity index (χ1v) is 11.0. The molecule has 0 N–H and O–H groups in total. The molecule has 28 heavy (non-hydrogen) atoms. The van der Waals surface area contributed by atoms with Gasteiger partial charge in [-0.25, -0.2) is 0 Å². The molecule has 3 rings (SSSR count). The minimum Gasteiger partial charge on any atom is -0.486 e. The Labute approximate surface area is 171 Å². The van der Waals surface area contributed by atoms with Crippen molar-refractivity contribution in [3.05, 3.63) is 23.5 Å². The molecule has 0 bridgehead atoms. The average molecular weight is 387 g/mol. The molecule has 4 atom stereocenters. The fourth-order valence-corrected chi connectivity index (χ4v) is 5.71. The smallest absolute Gasteiger partial charge is 0.175 e. The standard InChI is InChI=1S/C25H38O3/c1-14(2)12-17-18-13-16(15(3)4)10-11-25(18,9)28-21-19(17)20(26)23(5,6)22(27)24(21,7)8/h10-11,14-18H,12-13H2,1-9H3/t16-,17+,18+,25+/m0/s1. The van der Waals surface area contributed by atoms with Crippen LogP contribution in [0.2, 0.25) is 0 Å². The molecular formula is C25H38O3. The summed E-state index contributed by atoms with van der Waals surface area (Å²) in [4.78, 5) is 26.8. The Bertz CT molecular complexity index is 750.